The monoisotopic (exact) mass is 447 g/mol. The average molecular weight is 448 g/mol. The van der Waals surface area contributed by atoms with Crippen molar-refractivity contribution in [3.05, 3.63) is 89.5 Å². The van der Waals surface area contributed by atoms with Crippen LogP contribution in [-0.2, 0) is 6.42 Å². The number of carbonyl (C=O) groups is 1. The molecule has 0 aromatic heterocycles. The van der Waals surface area contributed by atoms with Gasteiger partial charge in [0.15, 0.2) is 0 Å². The Morgan fingerprint density at radius 3 is 2.21 bits per heavy atom. The second kappa shape index (κ2) is 10.6. The average Bonchev–Trinajstić information content (AvgIpc) is 2.78. The highest BCUT2D eigenvalue weighted by molar-refractivity contribution is 5.92. The minimum absolute atomic E-state index is 0.115. The topological polar surface area (TPSA) is 78.8 Å². The Balaban J connectivity index is 1.67. The van der Waals surface area contributed by atoms with Crippen LogP contribution in [0.15, 0.2) is 72.8 Å². The van der Waals surface area contributed by atoms with Crippen molar-refractivity contribution in [2.45, 2.75) is 51.9 Å². The number of carboxylic acid groups (broad SMARTS) is 1. The third kappa shape index (κ3) is 6.91. The Morgan fingerprint density at radius 2 is 1.61 bits per heavy atom. The fourth-order valence-corrected chi connectivity index (χ4v) is 3.78. The van der Waals surface area contributed by atoms with E-state index < -0.39 is 12.1 Å². The first-order valence-corrected chi connectivity index (χ1v) is 11.3. The smallest absolute Gasteiger partial charge is 0.339 e. The summed E-state index contributed by atoms with van der Waals surface area (Å²) in [4.78, 5) is 11.5. The Kier molecular flexibility index (Phi) is 7.90. The zero-order valence-electron chi connectivity index (χ0n) is 19.7. The first kappa shape index (κ1) is 24.5. The zero-order chi connectivity index (χ0) is 24.0. The number of benzene rings is 3. The number of aromatic carboxylic acids is 1. The molecule has 0 heterocycles. The molecule has 33 heavy (non-hydrogen) atoms. The van der Waals surface area contributed by atoms with E-state index in [9.17, 15) is 15.0 Å². The summed E-state index contributed by atoms with van der Waals surface area (Å²) < 4.78 is 5.73. The normalized spacial score (nSPS) is 12.5. The number of hydrogen-bond donors (Lipinski definition) is 3. The number of hydrogen-bond acceptors (Lipinski definition) is 4. The molecule has 3 rings (SSSR count). The molecule has 0 amide bonds. The Labute approximate surface area is 196 Å². The van der Waals surface area contributed by atoms with Gasteiger partial charge in [-0.3, -0.25) is 0 Å². The number of ether oxygens (including phenoxy) is 1. The van der Waals surface area contributed by atoms with Crippen molar-refractivity contribution in [1.82, 2.24) is 5.32 Å². The molecule has 1 atom stereocenters. The van der Waals surface area contributed by atoms with Gasteiger partial charge in [-0.05, 0) is 68.5 Å². The van der Waals surface area contributed by atoms with E-state index in [4.69, 9.17) is 4.74 Å². The van der Waals surface area contributed by atoms with Crippen LogP contribution in [0, 0.1) is 0 Å². The van der Waals surface area contributed by atoms with Gasteiger partial charge in [0.05, 0.1) is 12.2 Å². The Bertz CT molecular complexity index is 1060. The van der Waals surface area contributed by atoms with E-state index in [0.29, 0.717) is 12.3 Å². The molecule has 0 aliphatic heterocycles. The highest BCUT2D eigenvalue weighted by atomic mass is 16.5. The molecular formula is C28H33NO4. The van der Waals surface area contributed by atoms with E-state index in [1.807, 2.05) is 62.4 Å². The molecule has 0 spiro atoms. The fraction of sp³-hybridized carbons (Fsp3) is 0.321. The molecule has 5 heteroatoms. The van der Waals surface area contributed by atoms with E-state index in [1.165, 1.54) is 5.56 Å². The van der Waals surface area contributed by atoms with Crippen molar-refractivity contribution < 1.29 is 19.7 Å². The molecule has 0 unspecified atom stereocenters. The number of β-amino-alcohol motifs (C(OH)–C–C–N with tert-alkyl or cyclic N) is 1. The van der Waals surface area contributed by atoms with Crippen LogP contribution < -0.4 is 10.1 Å². The van der Waals surface area contributed by atoms with Crippen molar-refractivity contribution >= 4 is 5.97 Å². The second-order valence-electron chi connectivity index (χ2n) is 9.25. The number of nitrogens with one attached hydrogen (secondary N) is 1. The maximum atomic E-state index is 11.5. The molecule has 3 aromatic carbocycles. The molecule has 0 aliphatic rings. The summed E-state index contributed by atoms with van der Waals surface area (Å²) in [6, 6.07) is 23.1. The van der Waals surface area contributed by atoms with E-state index in [2.05, 4.69) is 31.3 Å². The molecule has 0 saturated carbocycles. The summed E-state index contributed by atoms with van der Waals surface area (Å²) >= 11 is 0. The van der Waals surface area contributed by atoms with Crippen molar-refractivity contribution in [3.8, 4) is 16.9 Å². The minimum Gasteiger partial charge on any atom is -0.490 e. The van der Waals surface area contributed by atoms with Crippen molar-refractivity contribution in [3.63, 3.8) is 0 Å². The maximum Gasteiger partial charge on any atom is 0.339 e. The lowest BCUT2D eigenvalue weighted by molar-refractivity contribution is 0.0690. The van der Waals surface area contributed by atoms with Gasteiger partial charge >= 0.3 is 5.97 Å². The molecular weight excluding hydrogens is 414 g/mol. The second-order valence-corrected chi connectivity index (χ2v) is 9.25. The molecule has 0 radical (unpaired) electrons. The van der Waals surface area contributed by atoms with Gasteiger partial charge in [0.2, 0.25) is 0 Å². The lowest BCUT2D eigenvalue weighted by Crippen LogP contribution is -2.43. The Morgan fingerprint density at radius 1 is 0.970 bits per heavy atom. The van der Waals surface area contributed by atoms with E-state index in [0.717, 1.165) is 23.1 Å². The highest BCUT2D eigenvalue weighted by Gasteiger charge is 2.20. The van der Waals surface area contributed by atoms with Crippen molar-refractivity contribution in [2.24, 2.45) is 0 Å². The lowest BCUT2D eigenvalue weighted by Gasteiger charge is -2.28. The zero-order valence-corrected chi connectivity index (χ0v) is 19.7. The SMILES string of the molecule is CC(C)Oc1cc(-c2ccc(CC(C)(C)NC[C@@H](O)c3ccccc3)cc2)ccc1C(=O)O. The first-order chi connectivity index (χ1) is 15.6. The predicted molar refractivity (Wildman–Crippen MR) is 132 cm³/mol. The van der Waals surface area contributed by atoms with Gasteiger partial charge in [0.1, 0.15) is 11.3 Å². The van der Waals surface area contributed by atoms with Crippen molar-refractivity contribution in [2.75, 3.05) is 6.54 Å². The van der Waals surface area contributed by atoms with E-state index in [-0.39, 0.29) is 17.2 Å². The molecule has 0 aliphatic carbocycles. The van der Waals surface area contributed by atoms with Crippen LogP contribution in [0.25, 0.3) is 11.1 Å². The van der Waals surface area contributed by atoms with Gasteiger partial charge < -0.3 is 20.3 Å². The third-order valence-electron chi connectivity index (χ3n) is 5.47. The molecule has 0 fully saturated rings. The molecule has 5 nitrogen and oxygen atoms in total. The summed E-state index contributed by atoms with van der Waals surface area (Å²) in [5.41, 5.74) is 3.94. The van der Waals surface area contributed by atoms with Gasteiger partial charge in [-0.25, -0.2) is 4.79 Å². The van der Waals surface area contributed by atoms with Gasteiger partial charge in [-0.2, -0.15) is 0 Å². The van der Waals surface area contributed by atoms with Gasteiger partial charge in [0, 0.05) is 12.1 Å². The standard InChI is InChI=1S/C28H33NO4/c1-19(2)33-26-16-23(14-15-24(26)27(31)32)21-12-10-20(11-13-21)17-28(3,4)29-18-25(30)22-8-6-5-7-9-22/h5-16,19,25,29-30H,17-18H2,1-4H3,(H,31,32)/t25-/m1/s1. The predicted octanol–water partition coefficient (Wildman–Crippen LogP) is 5.48. The first-order valence-electron chi connectivity index (χ1n) is 11.3. The largest absolute Gasteiger partial charge is 0.490 e. The summed E-state index contributed by atoms with van der Waals surface area (Å²) in [7, 11) is 0. The lowest BCUT2D eigenvalue weighted by atomic mass is 9.93. The minimum atomic E-state index is -1.00. The van der Waals surface area contributed by atoms with E-state index >= 15 is 0 Å². The van der Waals surface area contributed by atoms with Crippen LogP contribution in [0.5, 0.6) is 5.75 Å². The summed E-state index contributed by atoms with van der Waals surface area (Å²) in [5.74, 6) is -0.624. The van der Waals surface area contributed by atoms with Crippen LogP contribution in [0.3, 0.4) is 0 Å². The maximum absolute atomic E-state index is 11.5. The van der Waals surface area contributed by atoms with Crippen LogP contribution >= 0.6 is 0 Å². The van der Waals surface area contributed by atoms with Crippen LogP contribution in [0.4, 0.5) is 0 Å². The van der Waals surface area contributed by atoms with Crippen LogP contribution in [-0.4, -0.2) is 34.4 Å². The van der Waals surface area contributed by atoms with Crippen LogP contribution in [0.2, 0.25) is 0 Å². The summed E-state index contributed by atoms with van der Waals surface area (Å²) in [6.07, 6.45) is 0.133. The molecule has 174 valence electrons. The molecule has 0 bridgehead atoms. The quantitative estimate of drug-likeness (QED) is 0.383. The van der Waals surface area contributed by atoms with Crippen molar-refractivity contribution in [1.29, 1.82) is 0 Å². The number of aliphatic hydroxyl groups excluding tert-OH is 1. The fourth-order valence-electron chi connectivity index (χ4n) is 3.78. The number of aliphatic hydroxyl groups is 1. The van der Waals surface area contributed by atoms with Crippen LogP contribution in [0.1, 0.15) is 55.3 Å². The number of carboxylic acids is 1. The summed E-state index contributed by atoms with van der Waals surface area (Å²) in [5, 5.41) is 23.3. The molecule has 3 aromatic rings. The van der Waals surface area contributed by atoms with Gasteiger partial charge in [0.25, 0.3) is 0 Å². The Hall–Kier alpha value is -3.15. The third-order valence-corrected chi connectivity index (χ3v) is 5.47. The number of rotatable bonds is 10. The summed E-state index contributed by atoms with van der Waals surface area (Å²) in [6.45, 7) is 8.48. The highest BCUT2D eigenvalue weighted by Crippen LogP contribution is 2.29. The molecule has 3 N–H and O–H groups in total. The van der Waals surface area contributed by atoms with Gasteiger partial charge in [-0.15, -0.1) is 0 Å². The molecule has 0 saturated heterocycles. The van der Waals surface area contributed by atoms with Gasteiger partial charge in [-0.1, -0.05) is 60.7 Å². The van der Waals surface area contributed by atoms with E-state index in [1.54, 1.807) is 12.1 Å².